The minimum absolute atomic E-state index is 0.00239. The maximum absolute atomic E-state index is 12.5. The number of esters is 1. The highest BCUT2D eigenvalue weighted by atomic mass is 31.2. The van der Waals surface area contributed by atoms with Gasteiger partial charge in [0, 0.05) is 17.6 Å². The van der Waals surface area contributed by atoms with Crippen molar-refractivity contribution in [1.82, 2.24) is 0 Å². The number of hydrogen-bond acceptors (Lipinski definition) is 7. The zero-order valence-corrected chi connectivity index (χ0v) is 14.3. The Morgan fingerprint density at radius 1 is 1.09 bits per heavy atom. The quantitative estimate of drug-likeness (QED) is 0.151. The van der Waals surface area contributed by atoms with E-state index in [-0.39, 0.29) is 23.7 Å². The van der Waals surface area contributed by atoms with Gasteiger partial charge in [-0.3, -0.25) is 14.0 Å². The van der Waals surface area contributed by atoms with E-state index < -0.39 is 25.8 Å². The van der Waals surface area contributed by atoms with Crippen LogP contribution in [0.15, 0.2) is 24.3 Å². The predicted molar refractivity (Wildman–Crippen MR) is 80.8 cm³/mol. The van der Waals surface area contributed by atoms with Crippen molar-refractivity contribution in [2.24, 2.45) is 0 Å². The summed E-state index contributed by atoms with van der Waals surface area (Å²) in [5.74, 6) is -1.53. The third-order valence-electron chi connectivity index (χ3n) is 2.27. The highest BCUT2D eigenvalue weighted by Crippen LogP contribution is 2.50. The molecule has 0 radical (unpaired) electrons. The first-order chi connectivity index (χ1) is 10.1. The van der Waals surface area contributed by atoms with Crippen molar-refractivity contribution in [3.63, 3.8) is 0 Å². The number of carbonyl (C=O) groups excluding carboxylic acids is 2. The van der Waals surface area contributed by atoms with E-state index in [2.05, 4.69) is 22.7 Å². The van der Waals surface area contributed by atoms with Gasteiger partial charge in [0.05, 0.1) is 6.16 Å². The Balaban J connectivity index is 4.86. The average molecular weight is 334 g/mol. The highest BCUT2D eigenvalue weighted by Gasteiger charge is 2.32. The fraction of sp³-hybridized carbons (Fsp3) is 0.571. The summed E-state index contributed by atoms with van der Waals surface area (Å²) in [6, 6.07) is 0. The molecule has 0 rings (SSSR count). The Hall–Kier alpha value is -1.43. The number of carbonyl (C=O) groups is 2. The molecule has 0 spiro atoms. The minimum atomic E-state index is -3.76. The van der Waals surface area contributed by atoms with Gasteiger partial charge in [0.1, 0.15) is 0 Å². The van der Waals surface area contributed by atoms with Crippen molar-refractivity contribution in [2.45, 2.75) is 46.8 Å². The highest BCUT2D eigenvalue weighted by molar-refractivity contribution is 7.53. The first kappa shape index (κ1) is 20.6. The molecule has 0 fully saturated rings. The van der Waals surface area contributed by atoms with Crippen LogP contribution in [0.4, 0.5) is 0 Å². The average Bonchev–Trinajstić information content (AvgIpc) is 2.43. The van der Waals surface area contributed by atoms with E-state index >= 15 is 0 Å². The van der Waals surface area contributed by atoms with Gasteiger partial charge in [-0.05, 0) is 20.3 Å². The van der Waals surface area contributed by atoms with Gasteiger partial charge in [-0.25, -0.2) is 9.59 Å². The van der Waals surface area contributed by atoms with Crippen molar-refractivity contribution in [3.8, 4) is 0 Å². The molecule has 0 amide bonds. The fourth-order valence-electron chi connectivity index (χ4n) is 1.12. The molecule has 2 unspecified atom stereocenters. The molecule has 126 valence electrons. The number of ether oxygens (including phenoxy) is 1. The lowest BCUT2D eigenvalue weighted by Crippen LogP contribution is -2.21. The zero-order chi connectivity index (χ0) is 17.3. The molecule has 7 nitrogen and oxygen atoms in total. The molecule has 2 atom stereocenters. The second-order valence-electron chi connectivity index (χ2n) is 4.69. The maximum Gasteiger partial charge on any atom is 0.372 e. The van der Waals surface area contributed by atoms with Crippen LogP contribution in [0.25, 0.3) is 0 Å². The van der Waals surface area contributed by atoms with Crippen LogP contribution in [0, 0.1) is 0 Å². The zero-order valence-electron chi connectivity index (χ0n) is 13.4. The molecule has 0 aromatic heterocycles. The summed E-state index contributed by atoms with van der Waals surface area (Å²) in [6.45, 7) is 13.1. The Morgan fingerprint density at radius 2 is 1.64 bits per heavy atom. The SMILES string of the molecule is C=C(C)C(=O)OOP(=O)(CCC)OC(CC)OC(=O)C(=C)C. The summed E-state index contributed by atoms with van der Waals surface area (Å²) >= 11 is 0. The normalized spacial score (nSPS) is 14.5. The van der Waals surface area contributed by atoms with E-state index in [1.54, 1.807) is 13.8 Å². The van der Waals surface area contributed by atoms with E-state index in [1.165, 1.54) is 13.8 Å². The first-order valence-corrected chi connectivity index (χ1v) is 8.58. The summed E-state index contributed by atoms with van der Waals surface area (Å²) in [5, 5.41) is 0. The van der Waals surface area contributed by atoms with E-state index in [0.717, 1.165) is 0 Å². The van der Waals surface area contributed by atoms with Crippen LogP contribution in [0.5, 0.6) is 0 Å². The molecule has 0 saturated carbocycles. The molecular formula is C14H23O7P. The van der Waals surface area contributed by atoms with E-state index in [4.69, 9.17) is 9.26 Å². The predicted octanol–water partition coefficient (Wildman–Crippen LogP) is 3.51. The van der Waals surface area contributed by atoms with Crippen LogP contribution in [0.1, 0.15) is 40.5 Å². The monoisotopic (exact) mass is 334 g/mol. The molecule has 0 aliphatic rings. The maximum atomic E-state index is 12.5. The fourth-order valence-corrected chi connectivity index (χ4v) is 2.62. The lowest BCUT2D eigenvalue weighted by Gasteiger charge is -2.22. The van der Waals surface area contributed by atoms with Crippen LogP contribution in [0.2, 0.25) is 0 Å². The summed E-state index contributed by atoms with van der Waals surface area (Å²) in [5.41, 5.74) is 0.269. The summed E-state index contributed by atoms with van der Waals surface area (Å²) in [4.78, 5) is 27.2. The number of hydrogen-bond donors (Lipinski definition) is 0. The lowest BCUT2D eigenvalue weighted by atomic mass is 10.3. The number of rotatable bonds is 10. The van der Waals surface area contributed by atoms with Crippen molar-refractivity contribution >= 4 is 19.5 Å². The molecule has 0 N–H and O–H groups in total. The third-order valence-corrected chi connectivity index (χ3v) is 4.12. The van der Waals surface area contributed by atoms with Gasteiger partial charge < -0.3 is 4.74 Å². The van der Waals surface area contributed by atoms with Gasteiger partial charge in [-0.1, -0.05) is 31.7 Å². The largest absolute Gasteiger partial charge is 0.432 e. The second-order valence-corrected chi connectivity index (χ2v) is 6.72. The smallest absolute Gasteiger partial charge is 0.372 e. The van der Waals surface area contributed by atoms with Gasteiger partial charge in [-0.15, -0.1) is 0 Å². The Kier molecular flexibility index (Phi) is 8.94. The molecule has 8 heteroatoms. The minimum Gasteiger partial charge on any atom is -0.432 e. The third kappa shape index (κ3) is 7.54. The molecule has 0 bridgehead atoms. The molecule has 0 heterocycles. The molecule has 0 saturated heterocycles. The Bertz CT molecular complexity index is 484. The Morgan fingerprint density at radius 3 is 2.05 bits per heavy atom. The summed E-state index contributed by atoms with van der Waals surface area (Å²) in [6.07, 6.45) is -0.403. The van der Waals surface area contributed by atoms with Crippen LogP contribution in [0.3, 0.4) is 0 Å². The first-order valence-electron chi connectivity index (χ1n) is 6.85. The van der Waals surface area contributed by atoms with Crippen molar-refractivity contribution in [3.05, 3.63) is 24.3 Å². The van der Waals surface area contributed by atoms with Crippen LogP contribution in [-0.4, -0.2) is 24.4 Å². The summed E-state index contributed by atoms with van der Waals surface area (Å²) in [7, 11) is -3.76. The molecular weight excluding hydrogens is 311 g/mol. The van der Waals surface area contributed by atoms with Gasteiger partial charge in [-0.2, -0.15) is 0 Å². The van der Waals surface area contributed by atoms with E-state index in [1.807, 2.05) is 0 Å². The van der Waals surface area contributed by atoms with Crippen molar-refractivity contribution < 1.29 is 33.0 Å². The van der Waals surface area contributed by atoms with Gasteiger partial charge in [0.2, 0.25) is 6.29 Å². The molecule has 0 aromatic carbocycles. The molecule has 0 aliphatic carbocycles. The van der Waals surface area contributed by atoms with Gasteiger partial charge >= 0.3 is 19.5 Å². The van der Waals surface area contributed by atoms with Gasteiger partial charge in [0.15, 0.2) is 0 Å². The summed E-state index contributed by atoms with van der Waals surface area (Å²) < 4.78 is 27.4. The topological polar surface area (TPSA) is 88.1 Å². The van der Waals surface area contributed by atoms with Crippen molar-refractivity contribution in [1.29, 1.82) is 0 Å². The van der Waals surface area contributed by atoms with Crippen LogP contribution < -0.4 is 0 Å². The second kappa shape index (κ2) is 9.56. The standard InChI is InChI=1S/C14H23O7P/c1-7-9-22(17,21-19-14(16)11(5)6)20-12(8-2)18-13(15)10(3)4/h12H,3,5,7-9H2,1-2,4,6H3. The van der Waals surface area contributed by atoms with Crippen LogP contribution in [-0.2, 0) is 33.0 Å². The lowest BCUT2D eigenvalue weighted by molar-refractivity contribution is -0.218. The van der Waals surface area contributed by atoms with E-state index in [9.17, 15) is 14.2 Å². The van der Waals surface area contributed by atoms with E-state index in [0.29, 0.717) is 6.42 Å². The molecule has 0 aliphatic heterocycles. The van der Waals surface area contributed by atoms with Gasteiger partial charge in [0.25, 0.3) is 0 Å². The Labute approximate surface area is 130 Å². The van der Waals surface area contributed by atoms with Crippen molar-refractivity contribution in [2.75, 3.05) is 6.16 Å². The molecule has 0 aromatic rings. The molecule has 22 heavy (non-hydrogen) atoms. The van der Waals surface area contributed by atoms with Crippen LogP contribution >= 0.6 is 7.60 Å².